The highest BCUT2D eigenvalue weighted by atomic mass is 16.1. The van der Waals surface area contributed by atoms with E-state index in [1.807, 2.05) is 12.1 Å². The van der Waals surface area contributed by atoms with Crippen molar-refractivity contribution in [1.29, 1.82) is 0 Å². The number of nitrogens with one attached hydrogen (secondary N) is 1. The van der Waals surface area contributed by atoms with E-state index in [1.165, 1.54) is 22.8 Å². The van der Waals surface area contributed by atoms with Gasteiger partial charge in [-0.3, -0.25) is 4.79 Å². The first-order valence-corrected chi connectivity index (χ1v) is 9.73. The van der Waals surface area contributed by atoms with Crippen LogP contribution in [0, 0.1) is 0 Å². The van der Waals surface area contributed by atoms with Gasteiger partial charge in [-0.1, -0.05) is 36.4 Å². The molecule has 5 rings (SSSR count). The van der Waals surface area contributed by atoms with Gasteiger partial charge in [-0.15, -0.1) is 0 Å². The van der Waals surface area contributed by atoms with E-state index in [1.54, 1.807) is 6.07 Å². The molecule has 0 bridgehead atoms. The molecule has 3 N–H and O–H groups in total. The van der Waals surface area contributed by atoms with Crippen LogP contribution in [-0.2, 0) is 0 Å². The van der Waals surface area contributed by atoms with Crippen molar-refractivity contribution in [2.45, 2.75) is 12.5 Å². The molecule has 144 valence electrons. The largest absolute Gasteiger partial charge is 0.369 e. The van der Waals surface area contributed by atoms with Gasteiger partial charge >= 0.3 is 0 Å². The number of hydrogen-bond donors (Lipinski definition) is 2. The number of carbonyl (C=O) groups is 1. The predicted molar refractivity (Wildman–Crippen MR) is 116 cm³/mol. The zero-order valence-corrected chi connectivity index (χ0v) is 15.9. The fourth-order valence-corrected chi connectivity index (χ4v) is 4.08. The van der Waals surface area contributed by atoms with Crippen molar-refractivity contribution in [1.82, 2.24) is 9.97 Å². The Balaban J connectivity index is 1.38. The first kappa shape index (κ1) is 17.4. The number of carbonyl (C=O) groups excluding carboxylic acids is 1. The van der Waals surface area contributed by atoms with E-state index in [9.17, 15) is 4.79 Å². The van der Waals surface area contributed by atoms with Crippen LogP contribution in [0.4, 0.5) is 11.5 Å². The van der Waals surface area contributed by atoms with Crippen LogP contribution in [0.3, 0.4) is 0 Å². The molecule has 0 aliphatic carbocycles. The minimum absolute atomic E-state index is 0.261. The maximum Gasteiger partial charge on any atom is 0.250 e. The van der Waals surface area contributed by atoms with Gasteiger partial charge in [0.25, 0.3) is 5.91 Å². The molecule has 6 heteroatoms. The highest BCUT2D eigenvalue weighted by Gasteiger charge is 2.24. The highest BCUT2D eigenvalue weighted by Crippen LogP contribution is 2.28. The lowest BCUT2D eigenvalue weighted by Crippen LogP contribution is -2.26. The number of para-hydroxylation sites is 1. The summed E-state index contributed by atoms with van der Waals surface area (Å²) in [5, 5.41) is 6.86. The average Bonchev–Trinajstić information content (AvgIpc) is 3.21. The molecule has 29 heavy (non-hydrogen) atoms. The molecule has 0 spiro atoms. The fraction of sp³-hybridized carbons (Fsp3) is 0.174. The Bertz CT molecular complexity index is 1220. The Morgan fingerprint density at radius 3 is 2.76 bits per heavy atom. The Kier molecular flexibility index (Phi) is 4.24. The summed E-state index contributed by atoms with van der Waals surface area (Å²) in [5.41, 5.74) is 7.72. The molecular weight excluding hydrogens is 362 g/mol. The Labute approximate surface area is 168 Å². The number of hydrogen-bond acceptors (Lipinski definition) is 5. The maximum atomic E-state index is 11.7. The second kappa shape index (κ2) is 7.05. The van der Waals surface area contributed by atoms with Crippen molar-refractivity contribution in [2.24, 2.45) is 5.73 Å². The van der Waals surface area contributed by atoms with Crippen LogP contribution < -0.4 is 16.0 Å². The van der Waals surface area contributed by atoms with Crippen molar-refractivity contribution < 1.29 is 4.79 Å². The number of rotatable bonds is 4. The van der Waals surface area contributed by atoms with Crippen molar-refractivity contribution >= 4 is 39.1 Å². The molecule has 6 nitrogen and oxygen atoms in total. The summed E-state index contributed by atoms with van der Waals surface area (Å²) in [4.78, 5) is 22.8. The summed E-state index contributed by atoms with van der Waals surface area (Å²) in [7, 11) is 0. The lowest BCUT2D eigenvalue weighted by Gasteiger charge is -2.20. The first-order chi connectivity index (χ1) is 14.2. The zero-order chi connectivity index (χ0) is 19.8. The van der Waals surface area contributed by atoms with Gasteiger partial charge in [-0.05, 0) is 41.5 Å². The molecule has 1 atom stereocenters. The van der Waals surface area contributed by atoms with Crippen molar-refractivity contribution in [3.63, 3.8) is 0 Å². The van der Waals surface area contributed by atoms with Crippen LogP contribution in [0.15, 0.2) is 67.0 Å². The number of aromatic nitrogens is 2. The van der Waals surface area contributed by atoms with Crippen molar-refractivity contribution in [2.75, 3.05) is 23.3 Å². The second-order valence-electron chi connectivity index (χ2n) is 7.40. The molecule has 2 heterocycles. The van der Waals surface area contributed by atoms with Crippen LogP contribution in [0.2, 0.25) is 0 Å². The van der Waals surface area contributed by atoms with Gasteiger partial charge in [-0.25, -0.2) is 9.97 Å². The van der Waals surface area contributed by atoms with Crippen molar-refractivity contribution in [3.8, 4) is 0 Å². The number of nitrogens with two attached hydrogens (primary N) is 1. The molecular formula is C23H21N5O. The summed E-state index contributed by atoms with van der Waals surface area (Å²) in [6, 6.07) is 20.7. The van der Waals surface area contributed by atoms with E-state index in [4.69, 9.17) is 5.73 Å². The smallest absolute Gasteiger partial charge is 0.250 e. The van der Waals surface area contributed by atoms with Gasteiger partial charge in [0.1, 0.15) is 12.1 Å². The summed E-state index contributed by atoms with van der Waals surface area (Å²) in [6.45, 7) is 1.87. The van der Waals surface area contributed by atoms with Gasteiger partial charge in [0.2, 0.25) is 0 Å². The molecule has 1 aromatic heterocycles. The minimum Gasteiger partial charge on any atom is -0.369 e. The second-order valence-corrected chi connectivity index (χ2v) is 7.40. The van der Waals surface area contributed by atoms with Crippen LogP contribution in [0.1, 0.15) is 16.8 Å². The monoisotopic (exact) mass is 383 g/mol. The summed E-state index contributed by atoms with van der Waals surface area (Å²) in [6.07, 6.45) is 2.49. The zero-order valence-electron chi connectivity index (χ0n) is 15.9. The fourth-order valence-electron chi connectivity index (χ4n) is 4.08. The van der Waals surface area contributed by atoms with Crippen molar-refractivity contribution in [3.05, 3.63) is 72.6 Å². The van der Waals surface area contributed by atoms with Crippen LogP contribution in [-0.4, -0.2) is 35.0 Å². The topological polar surface area (TPSA) is 84.1 Å². The molecule has 0 saturated carbocycles. The van der Waals surface area contributed by atoms with Crippen LogP contribution >= 0.6 is 0 Å². The number of nitrogens with zero attached hydrogens (tertiary/aromatic N) is 3. The third-order valence-corrected chi connectivity index (χ3v) is 5.56. The van der Waals surface area contributed by atoms with Gasteiger partial charge < -0.3 is 16.0 Å². The number of amides is 1. The van der Waals surface area contributed by atoms with E-state index >= 15 is 0 Å². The molecule has 1 amide bonds. The Morgan fingerprint density at radius 2 is 1.90 bits per heavy atom. The van der Waals surface area contributed by atoms with Gasteiger partial charge in [-0.2, -0.15) is 0 Å². The molecule has 0 radical (unpaired) electrons. The highest BCUT2D eigenvalue weighted by molar-refractivity contribution is 6.06. The number of primary amides is 1. The van der Waals surface area contributed by atoms with E-state index in [0.29, 0.717) is 11.1 Å². The molecule has 1 aliphatic rings. The molecule has 1 unspecified atom stereocenters. The molecule has 1 saturated heterocycles. The van der Waals surface area contributed by atoms with E-state index in [2.05, 4.69) is 62.6 Å². The quantitative estimate of drug-likeness (QED) is 0.563. The molecule has 1 fully saturated rings. The van der Waals surface area contributed by atoms with E-state index in [-0.39, 0.29) is 6.04 Å². The Morgan fingerprint density at radius 1 is 1.03 bits per heavy atom. The summed E-state index contributed by atoms with van der Waals surface area (Å²) < 4.78 is 0. The number of anilines is 2. The molecule has 4 aromatic rings. The maximum absolute atomic E-state index is 11.7. The van der Waals surface area contributed by atoms with Gasteiger partial charge in [0, 0.05) is 30.2 Å². The third-order valence-electron chi connectivity index (χ3n) is 5.56. The van der Waals surface area contributed by atoms with Gasteiger partial charge in [0.15, 0.2) is 0 Å². The average molecular weight is 383 g/mol. The Hall–Kier alpha value is -3.67. The number of benzene rings is 3. The normalized spacial score (nSPS) is 16.4. The first-order valence-electron chi connectivity index (χ1n) is 9.73. The summed E-state index contributed by atoms with van der Waals surface area (Å²) >= 11 is 0. The standard InChI is InChI=1S/C23H21N5O/c24-22(29)19-6-3-7-20-21(19)25-14-26-23(20)27-17-10-11-28(13-17)18-9-8-15-4-1-2-5-16(15)12-18/h1-9,12,14,17H,10-11,13H2,(H2,24,29)(H,25,26,27). The van der Waals surface area contributed by atoms with E-state index < -0.39 is 5.91 Å². The minimum atomic E-state index is -0.483. The predicted octanol–water partition coefficient (Wildman–Crippen LogP) is 3.57. The number of fused-ring (bicyclic) bond motifs is 2. The third kappa shape index (κ3) is 3.23. The molecule has 1 aliphatic heterocycles. The van der Waals surface area contributed by atoms with E-state index in [0.717, 1.165) is 30.7 Å². The SMILES string of the molecule is NC(=O)c1cccc2c(NC3CCN(c4ccc5ccccc5c4)C3)ncnc12. The lowest BCUT2D eigenvalue weighted by molar-refractivity contribution is 0.100. The van der Waals surface area contributed by atoms with Gasteiger partial charge in [0.05, 0.1) is 11.1 Å². The summed E-state index contributed by atoms with van der Waals surface area (Å²) in [5.74, 6) is 0.257. The van der Waals surface area contributed by atoms with Crippen LogP contribution in [0.5, 0.6) is 0 Å². The molecule has 3 aromatic carbocycles. The van der Waals surface area contributed by atoms with Crippen LogP contribution in [0.25, 0.3) is 21.7 Å². The lowest BCUT2D eigenvalue weighted by atomic mass is 10.1.